The van der Waals surface area contributed by atoms with E-state index < -0.39 is 5.69 Å². The predicted molar refractivity (Wildman–Crippen MR) is 83.3 cm³/mol. The van der Waals surface area contributed by atoms with E-state index in [1.54, 1.807) is 13.8 Å². The fourth-order valence-electron chi connectivity index (χ4n) is 2.43. The van der Waals surface area contributed by atoms with E-state index in [2.05, 4.69) is 10.3 Å². The molecule has 0 radical (unpaired) electrons. The Labute approximate surface area is 123 Å². The van der Waals surface area contributed by atoms with E-state index in [-0.39, 0.29) is 11.6 Å². The van der Waals surface area contributed by atoms with Crippen LogP contribution in [0.5, 0.6) is 0 Å². The maximum atomic E-state index is 12.2. The van der Waals surface area contributed by atoms with E-state index in [1.165, 1.54) is 4.57 Å². The first kappa shape index (κ1) is 16.9. The van der Waals surface area contributed by atoms with Crippen LogP contribution >= 0.6 is 0 Å². The summed E-state index contributed by atoms with van der Waals surface area (Å²) in [5.74, 6) is 0. The first-order valence-corrected chi connectivity index (χ1v) is 7.03. The molecule has 1 amide bonds. The lowest BCUT2D eigenvalue weighted by Gasteiger charge is -2.20. The van der Waals surface area contributed by atoms with Crippen molar-refractivity contribution in [1.82, 2.24) is 14.9 Å². The van der Waals surface area contributed by atoms with Crippen LogP contribution in [-0.4, -0.2) is 22.0 Å². The number of hydrogen-bond acceptors (Lipinski definition) is 3. The minimum absolute atomic E-state index is 0.209. The number of carbonyl (C=O) groups is 1. The van der Waals surface area contributed by atoms with Crippen molar-refractivity contribution >= 4 is 12.0 Å². The monoisotopic (exact) mass is 293 g/mol. The molecule has 0 aromatic carbocycles. The molecule has 1 rings (SSSR count). The molecule has 0 bridgehead atoms. The lowest BCUT2D eigenvalue weighted by atomic mass is 10.0. The van der Waals surface area contributed by atoms with Crippen molar-refractivity contribution < 1.29 is 4.79 Å². The topological polar surface area (TPSA) is 84.0 Å². The molecule has 21 heavy (non-hydrogen) atoms. The average molecular weight is 293 g/mol. The summed E-state index contributed by atoms with van der Waals surface area (Å²) < 4.78 is 1.53. The van der Waals surface area contributed by atoms with Gasteiger partial charge in [0.2, 0.25) is 6.41 Å². The summed E-state index contributed by atoms with van der Waals surface area (Å²) in [7, 11) is 0. The molecule has 1 unspecified atom stereocenters. The number of H-pyrrole nitrogens is 1. The third-order valence-corrected chi connectivity index (χ3v) is 3.48. The quantitative estimate of drug-likeness (QED) is 0.773. The molecule has 0 aliphatic rings. The number of nitrogens with one attached hydrogen (secondary N) is 2. The van der Waals surface area contributed by atoms with Crippen molar-refractivity contribution in [3.8, 4) is 0 Å². The highest BCUT2D eigenvalue weighted by Crippen LogP contribution is 2.22. The minimum Gasteiger partial charge on any atom is -0.354 e. The standard InChI is InChI=1S/C15H23N3O3/c1-6-12(9(2)3)13-11(5)14(20)17-15(21)18(13)7-10(4)16-8-19/h8,10H,6-7H2,1-5H3,(H,16,19)(H,17,20,21). The van der Waals surface area contributed by atoms with Gasteiger partial charge in [-0.15, -0.1) is 0 Å². The second-order valence-corrected chi connectivity index (χ2v) is 5.36. The zero-order chi connectivity index (χ0) is 16.2. The fraction of sp³-hybridized carbons (Fsp3) is 0.533. The Morgan fingerprint density at radius 1 is 1.38 bits per heavy atom. The molecule has 1 atom stereocenters. The fourth-order valence-corrected chi connectivity index (χ4v) is 2.43. The molecule has 1 heterocycles. The van der Waals surface area contributed by atoms with Crippen LogP contribution in [0.4, 0.5) is 0 Å². The Kier molecular flexibility index (Phi) is 5.69. The van der Waals surface area contributed by atoms with Crippen molar-refractivity contribution in [2.24, 2.45) is 0 Å². The summed E-state index contributed by atoms with van der Waals surface area (Å²) in [6, 6.07) is -0.209. The third-order valence-electron chi connectivity index (χ3n) is 3.48. The van der Waals surface area contributed by atoms with Gasteiger partial charge in [-0.05, 0) is 39.7 Å². The van der Waals surface area contributed by atoms with E-state index in [1.807, 2.05) is 20.8 Å². The first-order valence-electron chi connectivity index (χ1n) is 7.03. The number of amides is 1. The number of nitrogens with zero attached hydrogens (tertiary/aromatic N) is 1. The van der Waals surface area contributed by atoms with Crippen LogP contribution in [0.3, 0.4) is 0 Å². The van der Waals surface area contributed by atoms with Gasteiger partial charge in [-0.1, -0.05) is 12.5 Å². The van der Waals surface area contributed by atoms with Gasteiger partial charge in [0.15, 0.2) is 0 Å². The minimum atomic E-state index is -0.452. The van der Waals surface area contributed by atoms with Crippen LogP contribution in [0.1, 0.15) is 45.4 Å². The summed E-state index contributed by atoms with van der Waals surface area (Å²) in [5.41, 5.74) is 2.41. The summed E-state index contributed by atoms with van der Waals surface area (Å²) in [6.45, 7) is 9.73. The second-order valence-electron chi connectivity index (χ2n) is 5.36. The van der Waals surface area contributed by atoms with Gasteiger partial charge in [0.1, 0.15) is 0 Å². The van der Waals surface area contributed by atoms with Gasteiger partial charge in [-0.2, -0.15) is 0 Å². The molecule has 0 saturated heterocycles. The summed E-state index contributed by atoms with van der Waals surface area (Å²) in [5, 5.41) is 2.62. The molecule has 6 heteroatoms. The van der Waals surface area contributed by atoms with Gasteiger partial charge < -0.3 is 5.32 Å². The highest BCUT2D eigenvalue weighted by Gasteiger charge is 2.17. The maximum absolute atomic E-state index is 12.2. The lowest BCUT2D eigenvalue weighted by Crippen LogP contribution is -2.39. The number of aromatic amines is 1. The lowest BCUT2D eigenvalue weighted by molar-refractivity contribution is -0.110. The Morgan fingerprint density at radius 2 is 2.00 bits per heavy atom. The van der Waals surface area contributed by atoms with Crippen molar-refractivity contribution in [3.63, 3.8) is 0 Å². The molecule has 0 aliphatic carbocycles. The molecule has 0 aliphatic heterocycles. The maximum Gasteiger partial charge on any atom is 0.328 e. The molecule has 0 spiro atoms. The van der Waals surface area contributed by atoms with Gasteiger partial charge >= 0.3 is 5.69 Å². The zero-order valence-electron chi connectivity index (χ0n) is 13.2. The Bertz CT molecular complexity index is 664. The number of hydrogen-bond donors (Lipinski definition) is 2. The predicted octanol–water partition coefficient (Wildman–Crippen LogP) is 1.18. The second kappa shape index (κ2) is 7.06. The van der Waals surface area contributed by atoms with Crippen molar-refractivity contribution in [2.45, 2.75) is 53.6 Å². The normalized spacial score (nSPS) is 11.9. The molecule has 6 nitrogen and oxygen atoms in total. The highest BCUT2D eigenvalue weighted by molar-refractivity contribution is 5.67. The van der Waals surface area contributed by atoms with Gasteiger partial charge in [0.25, 0.3) is 5.56 Å². The van der Waals surface area contributed by atoms with E-state index in [4.69, 9.17) is 0 Å². The summed E-state index contributed by atoms with van der Waals surface area (Å²) >= 11 is 0. The Balaban J connectivity index is 3.59. The van der Waals surface area contributed by atoms with Gasteiger partial charge in [0, 0.05) is 18.2 Å². The molecule has 0 fully saturated rings. The summed E-state index contributed by atoms with van der Waals surface area (Å²) in [4.78, 5) is 36.9. The van der Waals surface area contributed by atoms with Gasteiger partial charge in [-0.25, -0.2) is 4.79 Å². The van der Waals surface area contributed by atoms with E-state index >= 15 is 0 Å². The van der Waals surface area contributed by atoms with Crippen LogP contribution in [-0.2, 0) is 11.3 Å². The molecular weight excluding hydrogens is 270 g/mol. The first-order chi connectivity index (χ1) is 9.83. The highest BCUT2D eigenvalue weighted by atomic mass is 16.2. The van der Waals surface area contributed by atoms with Crippen LogP contribution in [0, 0.1) is 6.92 Å². The van der Waals surface area contributed by atoms with Crippen molar-refractivity contribution in [3.05, 3.63) is 37.7 Å². The number of rotatable bonds is 6. The van der Waals surface area contributed by atoms with E-state index in [0.29, 0.717) is 24.2 Å². The van der Waals surface area contributed by atoms with Crippen LogP contribution in [0.25, 0.3) is 5.57 Å². The van der Waals surface area contributed by atoms with E-state index in [9.17, 15) is 14.4 Å². The number of carbonyl (C=O) groups excluding carboxylic acids is 1. The zero-order valence-corrected chi connectivity index (χ0v) is 13.2. The number of allylic oxidation sites excluding steroid dienone is 2. The Hall–Kier alpha value is -2.11. The largest absolute Gasteiger partial charge is 0.354 e. The van der Waals surface area contributed by atoms with Crippen LogP contribution in [0.2, 0.25) is 0 Å². The van der Waals surface area contributed by atoms with Crippen molar-refractivity contribution in [1.29, 1.82) is 0 Å². The summed E-state index contributed by atoms with van der Waals surface area (Å²) in [6.07, 6.45) is 1.33. The molecule has 0 saturated carbocycles. The van der Waals surface area contributed by atoms with Crippen molar-refractivity contribution in [2.75, 3.05) is 0 Å². The smallest absolute Gasteiger partial charge is 0.328 e. The van der Waals surface area contributed by atoms with E-state index in [0.717, 1.165) is 17.6 Å². The van der Waals surface area contributed by atoms with Crippen LogP contribution < -0.4 is 16.6 Å². The molecule has 2 N–H and O–H groups in total. The molecule has 116 valence electrons. The SMILES string of the molecule is CCC(=C(C)C)c1c(C)c(=O)[nH]c(=O)n1CC(C)NC=O. The molecular formula is C15H23N3O3. The van der Waals surface area contributed by atoms with Crippen LogP contribution in [0.15, 0.2) is 15.2 Å². The average Bonchev–Trinajstić information content (AvgIpc) is 2.40. The molecule has 1 aromatic heterocycles. The third kappa shape index (κ3) is 3.71. The van der Waals surface area contributed by atoms with Gasteiger partial charge in [-0.3, -0.25) is 19.1 Å². The Morgan fingerprint density at radius 3 is 2.48 bits per heavy atom. The number of aromatic nitrogens is 2. The van der Waals surface area contributed by atoms with Gasteiger partial charge in [0.05, 0.1) is 5.69 Å². The molecule has 1 aromatic rings.